The number of nitrogens with one attached hydrogen (secondary N) is 1. The van der Waals surface area contributed by atoms with Crippen molar-refractivity contribution in [2.75, 3.05) is 0 Å². The lowest BCUT2D eigenvalue weighted by Gasteiger charge is -2.04. The second-order valence-corrected chi connectivity index (χ2v) is 5.34. The van der Waals surface area contributed by atoms with E-state index >= 15 is 0 Å². The average molecular weight is 290 g/mol. The van der Waals surface area contributed by atoms with Crippen LogP contribution in [0.4, 0.5) is 0 Å². The highest BCUT2D eigenvalue weighted by atomic mass is 32.2. The number of rotatable bonds is 4. The summed E-state index contributed by atoms with van der Waals surface area (Å²) in [4.78, 5) is 29.4. The molecular weight excluding hydrogens is 276 g/mol. The van der Waals surface area contributed by atoms with Crippen LogP contribution >= 0.6 is 11.8 Å². The van der Waals surface area contributed by atoms with Crippen molar-refractivity contribution in [1.29, 1.82) is 0 Å². The summed E-state index contributed by atoms with van der Waals surface area (Å²) < 4.78 is 0. The summed E-state index contributed by atoms with van der Waals surface area (Å²) >= 11 is 1.41. The van der Waals surface area contributed by atoms with Gasteiger partial charge in [-0.1, -0.05) is 23.9 Å². The fraction of sp³-hybridized carbons (Fsp3) is 0.214. The molecule has 0 saturated heterocycles. The Morgan fingerprint density at radius 2 is 1.95 bits per heavy atom. The van der Waals surface area contributed by atoms with Crippen molar-refractivity contribution in [2.45, 2.75) is 24.8 Å². The highest BCUT2D eigenvalue weighted by molar-refractivity contribution is 7.98. The second-order valence-electron chi connectivity index (χ2n) is 4.37. The number of nitrogens with zero attached hydrogens (tertiary/aromatic N) is 1. The number of aromatic amines is 1. The number of hydrogen-bond donors (Lipinski definition) is 2. The minimum absolute atomic E-state index is 0.124. The van der Waals surface area contributed by atoms with Gasteiger partial charge in [-0.05, 0) is 31.5 Å². The quantitative estimate of drug-likeness (QED) is 0.667. The summed E-state index contributed by atoms with van der Waals surface area (Å²) in [7, 11) is 0. The first-order valence-electron chi connectivity index (χ1n) is 6.00. The summed E-state index contributed by atoms with van der Waals surface area (Å²) in [6, 6.07) is 6.65. The van der Waals surface area contributed by atoms with E-state index in [0.29, 0.717) is 16.5 Å². The van der Waals surface area contributed by atoms with Crippen LogP contribution < -0.4 is 5.56 Å². The predicted molar refractivity (Wildman–Crippen MR) is 77.3 cm³/mol. The normalized spacial score (nSPS) is 10.5. The fourth-order valence-electron chi connectivity index (χ4n) is 1.58. The van der Waals surface area contributed by atoms with E-state index in [4.69, 9.17) is 5.11 Å². The standard InChI is InChI=1S/C14H14N2O3S/c1-8-9(2)15-14(16-12(8)17)20-7-10-3-5-11(6-4-10)13(18)19/h3-6H,7H2,1-2H3,(H,18,19)(H,15,16,17). The molecular formula is C14H14N2O3S. The molecule has 6 heteroatoms. The topological polar surface area (TPSA) is 83.0 Å². The van der Waals surface area contributed by atoms with Gasteiger partial charge in [-0.2, -0.15) is 0 Å². The van der Waals surface area contributed by atoms with Gasteiger partial charge in [0, 0.05) is 17.0 Å². The molecule has 1 heterocycles. The zero-order chi connectivity index (χ0) is 14.7. The lowest BCUT2D eigenvalue weighted by Crippen LogP contribution is -2.14. The Hall–Kier alpha value is -2.08. The number of aromatic carboxylic acids is 1. The molecule has 0 aliphatic rings. The molecule has 0 amide bonds. The van der Waals surface area contributed by atoms with Crippen molar-refractivity contribution in [3.63, 3.8) is 0 Å². The van der Waals surface area contributed by atoms with Gasteiger partial charge in [-0.25, -0.2) is 9.78 Å². The zero-order valence-electron chi connectivity index (χ0n) is 11.1. The number of aromatic nitrogens is 2. The smallest absolute Gasteiger partial charge is 0.335 e. The van der Waals surface area contributed by atoms with Gasteiger partial charge in [0.15, 0.2) is 5.16 Å². The van der Waals surface area contributed by atoms with Crippen molar-refractivity contribution < 1.29 is 9.90 Å². The molecule has 0 bridgehead atoms. The summed E-state index contributed by atoms with van der Waals surface area (Å²) in [5, 5.41) is 9.39. The Morgan fingerprint density at radius 3 is 2.50 bits per heavy atom. The van der Waals surface area contributed by atoms with Crippen molar-refractivity contribution in [2.24, 2.45) is 0 Å². The molecule has 2 rings (SSSR count). The van der Waals surface area contributed by atoms with E-state index in [1.54, 1.807) is 38.1 Å². The minimum Gasteiger partial charge on any atom is -0.478 e. The monoisotopic (exact) mass is 290 g/mol. The largest absolute Gasteiger partial charge is 0.478 e. The number of carbonyl (C=O) groups is 1. The average Bonchev–Trinajstić information content (AvgIpc) is 2.42. The van der Waals surface area contributed by atoms with Crippen molar-refractivity contribution >= 4 is 17.7 Å². The van der Waals surface area contributed by atoms with Gasteiger partial charge in [-0.15, -0.1) is 0 Å². The SMILES string of the molecule is Cc1nc(SCc2ccc(C(=O)O)cc2)[nH]c(=O)c1C. The number of thioether (sulfide) groups is 1. The van der Waals surface area contributed by atoms with E-state index in [1.807, 2.05) is 0 Å². The van der Waals surface area contributed by atoms with Gasteiger partial charge in [0.2, 0.25) is 0 Å². The number of carboxylic acid groups (broad SMARTS) is 1. The Balaban J connectivity index is 2.09. The summed E-state index contributed by atoms with van der Waals surface area (Å²) in [6.45, 7) is 3.54. The molecule has 0 unspecified atom stereocenters. The van der Waals surface area contributed by atoms with E-state index in [2.05, 4.69) is 9.97 Å². The Labute approximate surface area is 120 Å². The molecule has 5 nitrogen and oxygen atoms in total. The molecule has 0 fully saturated rings. The van der Waals surface area contributed by atoms with Crippen LogP contribution in [-0.4, -0.2) is 21.0 Å². The summed E-state index contributed by atoms with van der Waals surface area (Å²) in [6.07, 6.45) is 0. The second kappa shape index (κ2) is 5.92. The third-order valence-electron chi connectivity index (χ3n) is 2.95. The maximum Gasteiger partial charge on any atom is 0.335 e. The van der Waals surface area contributed by atoms with E-state index < -0.39 is 5.97 Å². The number of aryl methyl sites for hydroxylation is 1. The van der Waals surface area contributed by atoms with Crippen LogP contribution in [0, 0.1) is 13.8 Å². The molecule has 2 N–H and O–H groups in total. The number of H-pyrrole nitrogens is 1. The molecule has 0 aliphatic carbocycles. The van der Waals surface area contributed by atoms with Gasteiger partial charge in [0.1, 0.15) is 0 Å². The molecule has 0 aliphatic heterocycles. The molecule has 2 aromatic rings. The van der Waals surface area contributed by atoms with E-state index in [1.165, 1.54) is 11.8 Å². The molecule has 0 spiro atoms. The van der Waals surface area contributed by atoms with Crippen LogP contribution in [0.15, 0.2) is 34.2 Å². The molecule has 20 heavy (non-hydrogen) atoms. The number of hydrogen-bond acceptors (Lipinski definition) is 4. The van der Waals surface area contributed by atoms with Crippen LogP contribution in [0.5, 0.6) is 0 Å². The predicted octanol–water partition coefficient (Wildman–Crippen LogP) is 2.38. The summed E-state index contributed by atoms with van der Waals surface area (Å²) in [5.41, 5.74) is 2.45. The molecule has 0 atom stereocenters. The zero-order valence-corrected chi connectivity index (χ0v) is 12.0. The van der Waals surface area contributed by atoms with Crippen LogP contribution in [0.25, 0.3) is 0 Å². The summed E-state index contributed by atoms with van der Waals surface area (Å²) in [5.74, 6) is -0.324. The van der Waals surface area contributed by atoms with Gasteiger partial charge in [0.05, 0.1) is 5.56 Å². The first-order chi connectivity index (χ1) is 9.47. The lowest BCUT2D eigenvalue weighted by atomic mass is 10.1. The van der Waals surface area contributed by atoms with Crippen LogP contribution in [0.1, 0.15) is 27.2 Å². The van der Waals surface area contributed by atoms with Gasteiger partial charge < -0.3 is 10.1 Å². The number of benzene rings is 1. The van der Waals surface area contributed by atoms with Crippen LogP contribution in [0.2, 0.25) is 0 Å². The van der Waals surface area contributed by atoms with Gasteiger partial charge in [0.25, 0.3) is 5.56 Å². The molecule has 1 aromatic carbocycles. The highest BCUT2D eigenvalue weighted by Gasteiger charge is 2.05. The Bertz CT molecular complexity index is 693. The molecule has 1 aromatic heterocycles. The van der Waals surface area contributed by atoms with E-state index in [9.17, 15) is 9.59 Å². The highest BCUT2D eigenvalue weighted by Crippen LogP contribution is 2.19. The third kappa shape index (κ3) is 3.27. The minimum atomic E-state index is -0.940. The number of carboxylic acids is 1. The van der Waals surface area contributed by atoms with Crippen molar-refractivity contribution in [1.82, 2.24) is 9.97 Å². The van der Waals surface area contributed by atoms with E-state index in [0.717, 1.165) is 11.3 Å². The Kier molecular flexibility index (Phi) is 4.24. The van der Waals surface area contributed by atoms with Crippen LogP contribution in [0.3, 0.4) is 0 Å². The maximum absolute atomic E-state index is 11.6. The van der Waals surface area contributed by atoms with Gasteiger partial charge >= 0.3 is 5.97 Å². The van der Waals surface area contributed by atoms with E-state index in [-0.39, 0.29) is 11.1 Å². The molecule has 0 radical (unpaired) electrons. The van der Waals surface area contributed by atoms with Gasteiger partial charge in [-0.3, -0.25) is 4.79 Å². The maximum atomic E-state index is 11.6. The first kappa shape index (κ1) is 14.3. The first-order valence-corrected chi connectivity index (χ1v) is 6.98. The Morgan fingerprint density at radius 1 is 1.30 bits per heavy atom. The van der Waals surface area contributed by atoms with Crippen LogP contribution in [-0.2, 0) is 5.75 Å². The fourth-order valence-corrected chi connectivity index (χ4v) is 2.45. The molecule has 104 valence electrons. The molecule has 0 saturated carbocycles. The van der Waals surface area contributed by atoms with Crippen molar-refractivity contribution in [3.05, 3.63) is 57.0 Å². The third-order valence-corrected chi connectivity index (χ3v) is 3.89. The lowest BCUT2D eigenvalue weighted by molar-refractivity contribution is 0.0697. The van der Waals surface area contributed by atoms with Crippen molar-refractivity contribution in [3.8, 4) is 0 Å².